The Morgan fingerprint density at radius 2 is 1.90 bits per heavy atom. The van der Waals surface area contributed by atoms with Crippen LogP contribution >= 0.6 is 27.3 Å². The van der Waals surface area contributed by atoms with E-state index in [2.05, 4.69) is 39.3 Å². The summed E-state index contributed by atoms with van der Waals surface area (Å²) in [5, 5.41) is 2.10. The molecule has 2 heterocycles. The smallest absolute Gasteiger partial charge is 0.163 e. The quantitative estimate of drug-likeness (QED) is 0.839. The Balaban J connectivity index is 1.71. The van der Waals surface area contributed by atoms with Crippen molar-refractivity contribution in [3.8, 4) is 11.5 Å². The molecule has 1 aromatic carbocycles. The highest BCUT2D eigenvalue weighted by atomic mass is 79.9. The van der Waals surface area contributed by atoms with Crippen molar-refractivity contribution < 1.29 is 9.47 Å². The number of hydrogen-bond acceptors (Lipinski definition) is 5. The number of thiophene rings is 1. The fraction of sp³-hybridized carbons (Fsp3) is 0.333. The van der Waals surface area contributed by atoms with E-state index in [1.165, 1.54) is 4.88 Å². The van der Waals surface area contributed by atoms with E-state index in [0.29, 0.717) is 13.2 Å². The summed E-state index contributed by atoms with van der Waals surface area (Å²) in [6.45, 7) is 2.84. The summed E-state index contributed by atoms with van der Waals surface area (Å²) in [4.78, 5) is 3.56. The van der Waals surface area contributed by atoms with Gasteiger partial charge in [0.05, 0.1) is 0 Å². The Hall–Kier alpha value is -1.24. The topological polar surface area (TPSA) is 47.7 Å². The molecule has 0 bridgehead atoms. The highest BCUT2D eigenvalue weighted by Gasteiger charge is 2.15. The van der Waals surface area contributed by atoms with Crippen LogP contribution in [0.1, 0.15) is 10.4 Å². The maximum Gasteiger partial charge on any atom is 0.163 e. The minimum Gasteiger partial charge on any atom is -0.486 e. The second kappa shape index (κ2) is 6.25. The van der Waals surface area contributed by atoms with Crippen molar-refractivity contribution in [2.45, 2.75) is 13.1 Å². The van der Waals surface area contributed by atoms with E-state index in [9.17, 15) is 0 Å². The third-order valence-corrected chi connectivity index (χ3v) is 4.97. The lowest BCUT2D eigenvalue weighted by Gasteiger charge is -2.22. The largest absolute Gasteiger partial charge is 0.486 e. The van der Waals surface area contributed by atoms with Gasteiger partial charge in [-0.3, -0.25) is 4.90 Å². The van der Waals surface area contributed by atoms with Gasteiger partial charge in [0.15, 0.2) is 11.5 Å². The van der Waals surface area contributed by atoms with Gasteiger partial charge in [-0.15, -0.1) is 11.3 Å². The molecule has 0 aliphatic carbocycles. The van der Waals surface area contributed by atoms with Crippen LogP contribution < -0.4 is 15.2 Å². The van der Waals surface area contributed by atoms with Crippen LogP contribution in [0.3, 0.4) is 0 Å². The molecule has 4 nitrogen and oxygen atoms in total. The maximum atomic E-state index is 6.12. The van der Waals surface area contributed by atoms with Gasteiger partial charge in [-0.05, 0) is 40.7 Å². The summed E-state index contributed by atoms with van der Waals surface area (Å²) in [5.41, 5.74) is 7.94. The van der Waals surface area contributed by atoms with Gasteiger partial charge < -0.3 is 15.2 Å². The molecule has 21 heavy (non-hydrogen) atoms. The predicted octanol–water partition coefficient (Wildman–Crippen LogP) is 3.50. The highest BCUT2D eigenvalue weighted by Crippen LogP contribution is 2.35. The lowest BCUT2D eigenvalue weighted by molar-refractivity contribution is 0.171. The van der Waals surface area contributed by atoms with Crippen molar-refractivity contribution in [3.05, 3.63) is 38.5 Å². The minimum atomic E-state index is 0.582. The molecule has 2 aromatic rings. The standard InChI is InChI=1S/C15H17BrN2O2S/c1-18(8-12-5-11(16)9-21-12)7-10-4-14-15(6-13(10)17)20-3-2-19-14/h4-6,9H,2-3,7-8,17H2,1H3. The van der Waals surface area contributed by atoms with Crippen LogP contribution in [0.4, 0.5) is 5.69 Å². The molecule has 0 atom stereocenters. The summed E-state index contributed by atoms with van der Waals surface area (Å²) in [5.74, 6) is 1.53. The third-order valence-electron chi connectivity index (χ3n) is 3.29. The van der Waals surface area contributed by atoms with E-state index in [-0.39, 0.29) is 0 Å². The van der Waals surface area contributed by atoms with E-state index in [0.717, 1.165) is 40.3 Å². The van der Waals surface area contributed by atoms with Crippen LogP contribution in [0.5, 0.6) is 11.5 Å². The van der Waals surface area contributed by atoms with Crippen LogP contribution in [0, 0.1) is 0 Å². The molecular formula is C15H17BrN2O2S. The summed E-state index contributed by atoms with van der Waals surface area (Å²) >= 11 is 5.23. The number of anilines is 1. The van der Waals surface area contributed by atoms with Gasteiger partial charge in [-0.2, -0.15) is 0 Å². The van der Waals surface area contributed by atoms with Gasteiger partial charge in [0, 0.05) is 39.6 Å². The zero-order valence-corrected chi connectivity index (χ0v) is 14.2. The second-order valence-electron chi connectivity index (χ2n) is 5.10. The van der Waals surface area contributed by atoms with Crippen LogP contribution in [0.15, 0.2) is 28.1 Å². The number of benzene rings is 1. The number of nitrogens with two attached hydrogens (primary N) is 1. The summed E-state index contributed by atoms with van der Waals surface area (Å²) in [7, 11) is 2.09. The van der Waals surface area contributed by atoms with Gasteiger partial charge in [-0.25, -0.2) is 0 Å². The van der Waals surface area contributed by atoms with Crippen molar-refractivity contribution >= 4 is 33.0 Å². The molecule has 0 radical (unpaired) electrons. The summed E-state index contributed by atoms with van der Waals surface area (Å²) in [6.07, 6.45) is 0. The van der Waals surface area contributed by atoms with Gasteiger partial charge in [0.25, 0.3) is 0 Å². The Labute approximate surface area is 136 Å². The molecule has 0 saturated carbocycles. The van der Waals surface area contributed by atoms with Crippen molar-refractivity contribution in [1.82, 2.24) is 4.90 Å². The third kappa shape index (κ3) is 3.51. The van der Waals surface area contributed by atoms with Crippen molar-refractivity contribution in [2.24, 2.45) is 0 Å². The lowest BCUT2D eigenvalue weighted by Crippen LogP contribution is -2.19. The Morgan fingerprint density at radius 3 is 2.57 bits per heavy atom. The number of nitrogens with zero attached hydrogens (tertiary/aromatic N) is 1. The molecule has 1 aliphatic heterocycles. The van der Waals surface area contributed by atoms with E-state index in [1.807, 2.05) is 12.1 Å². The first-order valence-corrected chi connectivity index (χ1v) is 8.38. The zero-order valence-electron chi connectivity index (χ0n) is 11.8. The average molecular weight is 369 g/mol. The zero-order chi connectivity index (χ0) is 14.8. The average Bonchev–Trinajstić information content (AvgIpc) is 2.85. The number of rotatable bonds is 4. The fourth-order valence-electron chi connectivity index (χ4n) is 2.33. The molecule has 2 N–H and O–H groups in total. The van der Waals surface area contributed by atoms with E-state index in [1.54, 1.807) is 11.3 Å². The van der Waals surface area contributed by atoms with Crippen LogP contribution in [-0.2, 0) is 13.1 Å². The molecule has 112 valence electrons. The fourth-order valence-corrected chi connectivity index (χ4v) is 3.86. The number of ether oxygens (including phenoxy) is 2. The van der Waals surface area contributed by atoms with Gasteiger partial charge in [0.2, 0.25) is 0 Å². The molecule has 1 aliphatic rings. The molecule has 3 rings (SSSR count). The predicted molar refractivity (Wildman–Crippen MR) is 89.0 cm³/mol. The second-order valence-corrected chi connectivity index (χ2v) is 7.01. The first-order chi connectivity index (χ1) is 10.1. The first kappa shape index (κ1) is 14.7. The Bertz CT molecular complexity index is 645. The van der Waals surface area contributed by atoms with Gasteiger partial charge in [-0.1, -0.05) is 0 Å². The lowest BCUT2D eigenvalue weighted by atomic mass is 10.1. The van der Waals surface area contributed by atoms with E-state index < -0.39 is 0 Å². The molecular weight excluding hydrogens is 352 g/mol. The minimum absolute atomic E-state index is 0.582. The van der Waals surface area contributed by atoms with Crippen molar-refractivity contribution in [1.29, 1.82) is 0 Å². The Kier molecular flexibility index (Phi) is 4.37. The van der Waals surface area contributed by atoms with Crippen LogP contribution in [0.2, 0.25) is 0 Å². The highest BCUT2D eigenvalue weighted by molar-refractivity contribution is 9.10. The van der Waals surface area contributed by atoms with Crippen molar-refractivity contribution in [2.75, 3.05) is 26.0 Å². The molecule has 0 amide bonds. The van der Waals surface area contributed by atoms with Gasteiger partial charge >= 0.3 is 0 Å². The summed E-state index contributed by atoms with van der Waals surface area (Å²) in [6, 6.07) is 6.00. The molecule has 0 unspecified atom stereocenters. The molecule has 1 aromatic heterocycles. The van der Waals surface area contributed by atoms with Gasteiger partial charge in [0.1, 0.15) is 13.2 Å². The van der Waals surface area contributed by atoms with E-state index >= 15 is 0 Å². The maximum absolute atomic E-state index is 6.12. The normalized spacial score (nSPS) is 13.7. The van der Waals surface area contributed by atoms with Crippen LogP contribution in [0.25, 0.3) is 0 Å². The number of fused-ring (bicyclic) bond motifs is 1. The number of halogens is 1. The van der Waals surface area contributed by atoms with Crippen LogP contribution in [-0.4, -0.2) is 25.2 Å². The SMILES string of the molecule is CN(Cc1cc(Br)cs1)Cc1cc2c(cc1N)OCCO2. The van der Waals surface area contributed by atoms with Crippen molar-refractivity contribution in [3.63, 3.8) is 0 Å². The Morgan fingerprint density at radius 1 is 1.19 bits per heavy atom. The summed E-state index contributed by atoms with van der Waals surface area (Å²) < 4.78 is 12.3. The first-order valence-electron chi connectivity index (χ1n) is 6.71. The number of nitrogen functional groups attached to an aromatic ring is 1. The monoisotopic (exact) mass is 368 g/mol. The molecule has 0 fully saturated rings. The number of hydrogen-bond donors (Lipinski definition) is 1. The molecule has 0 spiro atoms. The van der Waals surface area contributed by atoms with E-state index in [4.69, 9.17) is 15.2 Å². The molecule has 0 saturated heterocycles. The molecule has 6 heteroatoms.